The van der Waals surface area contributed by atoms with Gasteiger partial charge in [0.25, 0.3) is 0 Å². The van der Waals surface area contributed by atoms with E-state index in [0.29, 0.717) is 35.7 Å². The molecule has 5 heteroatoms. The number of aromatic nitrogens is 1. The molecule has 0 bridgehead atoms. The zero-order chi connectivity index (χ0) is 18.0. The largest absolute Gasteiger partial charge is 0.341 e. The van der Waals surface area contributed by atoms with Crippen molar-refractivity contribution in [1.82, 2.24) is 9.88 Å². The summed E-state index contributed by atoms with van der Waals surface area (Å²) in [5.41, 5.74) is 6.13. The highest BCUT2D eigenvalue weighted by Crippen LogP contribution is 2.25. The first-order chi connectivity index (χ1) is 12.0. The van der Waals surface area contributed by atoms with Crippen molar-refractivity contribution < 1.29 is 12.3 Å². The maximum Gasteiger partial charge on any atom is 0.249 e. The Bertz CT molecular complexity index is 908. The summed E-state index contributed by atoms with van der Waals surface area (Å²) in [5.74, 6) is 5.30. The van der Waals surface area contributed by atoms with E-state index in [2.05, 4.69) is 17.2 Å². The molecule has 1 fully saturated rings. The van der Waals surface area contributed by atoms with Crippen LogP contribution >= 0.6 is 0 Å². The number of carbonyl (C=O) groups excluding carboxylic acids is 2. The number of rotatable bonds is 3. The van der Waals surface area contributed by atoms with Gasteiger partial charge in [0.05, 0.1) is 2.74 Å². The van der Waals surface area contributed by atoms with Gasteiger partial charge in [0.15, 0.2) is 0 Å². The number of carbonyl (C=O) groups is 2. The van der Waals surface area contributed by atoms with E-state index in [9.17, 15) is 9.59 Å². The predicted octanol–water partition coefficient (Wildman–Crippen LogP) is 1.71. The van der Waals surface area contributed by atoms with Crippen molar-refractivity contribution in [2.24, 2.45) is 5.73 Å². The van der Waals surface area contributed by atoms with Gasteiger partial charge in [-0.25, -0.2) is 0 Å². The summed E-state index contributed by atoms with van der Waals surface area (Å²) >= 11 is 0. The zero-order valence-electron chi connectivity index (χ0n) is 14.7. The molecule has 1 aromatic heterocycles. The molecule has 2 aromatic rings. The molecule has 0 saturated carbocycles. The topological polar surface area (TPSA) is 77.1 Å². The van der Waals surface area contributed by atoms with Gasteiger partial charge in [0.2, 0.25) is 11.8 Å². The van der Waals surface area contributed by atoms with Crippen LogP contribution in [-0.2, 0) is 9.59 Å². The number of imide groups is 1. The summed E-state index contributed by atoms with van der Waals surface area (Å²) < 4.78 is 18.3. The zero-order valence-corrected chi connectivity index (χ0v) is 12.7. The van der Waals surface area contributed by atoms with E-state index in [0.717, 1.165) is 6.42 Å². The van der Waals surface area contributed by atoms with Crippen LogP contribution in [0.4, 0.5) is 0 Å². The Morgan fingerprint density at radius 3 is 3.04 bits per heavy atom. The minimum absolute atomic E-state index is 0.0817. The van der Waals surface area contributed by atoms with E-state index < -0.39 is 11.9 Å². The van der Waals surface area contributed by atoms with Crippen molar-refractivity contribution in [3.8, 4) is 11.8 Å². The van der Waals surface area contributed by atoms with Gasteiger partial charge < -0.3 is 10.3 Å². The summed E-state index contributed by atoms with van der Waals surface area (Å²) in [6.07, 6.45) is 2.15. The lowest BCUT2D eigenvalue weighted by Gasteiger charge is -2.21. The lowest BCUT2D eigenvalue weighted by Crippen LogP contribution is -2.41. The second-order valence-corrected chi connectivity index (χ2v) is 5.48. The highest BCUT2D eigenvalue weighted by molar-refractivity contribution is 6.00. The summed E-state index contributed by atoms with van der Waals surface area (Å²) in [6.45, 7) is 0.575. The number of nitrogens with one attached hydrogen (secondary N) is 1. The van der Waals surface area contributed by atoms with Crippen LogP contribution in [0.3, 0.4) is 0 Å². The first-order valence-electron chi connectivity index (χ1n) is 8.67. The standard InChI is InChI=1S/C18H19N3O2/c19-10-3-1-2-5-13-6-4-7-14-11-21(12-15(13)14)16-8-9-17(22)20-18(16)23/h4,6-7,11-12,16H,1,3,8-10,19H2,(H,20,22,23)/i11D,12D. The van der Waals surface area contributed by atoms with Gasteiger partial charge >= 0.3 is 0 Å². The molecule has 0 radical (unpaired) electrons. The number of nitrogens with two attached hydrogens (primary N) is 1. The Morgan fingerprint density at radius 2 is 2.26 bits per heavy atom. The first-order valence-corrected chi connectivity index (χ1v) is 7.67. The number of amides is 2. The van der Waals surface area contributed by atoms with Crippen molar-refractivity contribution in [3.63, 3.8) is 0 Å². The fraction of sp³-hybridized carbons (Fsp3) is 0.333. The van der Waals surface area contributed by atoms with Crippen LogP contribution in [0.2, 0.25) is 0 Å². The average molecular weight is 311 g/mol. The van der Waals surface area contributed by atoms with E-state index in [1.54, 1.807) is 12.1 Å². The summed E-state index contributed by atoms with van der Waals surface area (Å²) in [5, 5.41) is 3.44. The molecular weight excluding hydrogens is 290 g/mol. The maximum absolute atomic E-state index is 12.2. The van der Waals surface area contributed by atoms with Crippen LogP contribution in [0.5, 0.6) is 0 Å². The van der Waals surface area contributed by atoms with Gasteiger partial charge in [-0.15, -0.1) is 0 Å². The average Bonchev–Trinajstić information content (AvgIpc) is 2.84. The van der Waals surface area contributed by atoms with E-state index in [1.165, 1.54) is 4.57 Å². The Kier molecular flexibility index (Phi) is 3.75. The van der Waals surface area contributed by atoms with Crippen molar-refractivity contribution in [2.75, 3.05) is 6.54 Å². The van der Waals surface area contributed by atoms with Crippen molar-refractivity contribution in [2.45, 2.75) is 31.7 Å². The fourth-order valence-corrected chi connectivity index (χ4v) is 2.58. The number of hydrogen-bond donors (Lipinski definition) is 2. The number of benzene rings is 1. The lowest BCUT2D eigenvalue weighted by atomic mass is 10.1. The van der Waals surface area contributed by atoms with E-state index in [4.69, 9.17) is 8.48 Å². The summed E-state index contributed by atoms with van der Waals surface area (Å²) in [7, 11) is 0. The molecule has 1 saturated heterocycles. The minimum Gasteiger partial charge on any atom is -0.341 e. The molecule has 1 aromatic carbocycles. The lowest BCUT2D eigenvalue weighted by molar-refractivity contribution is -0.135. The van der Waals surface area contributed by atoms with Gasteiger partial charge in [-0.2, -0.15) is 0 Å². The van der Waals surface area contributed by atoms with Crippen LogP contribution in [0.25, 0.3) is 10.8 Å². The van der Waals surface area contributed by atoms with Gasteiger partial charge in [-0.05, 0) is 25.5 Å². The fourth-order valence-electron chi connectivity index (χ4n) is 2.58. The van der Waals surface area contributed by atoms with Crippen LogP contribution in [0.15, 0.2) is 30.5 Å². The number of piperidine rings is 1. The van der Waals surface area contributed by atoms with Crippen LogP contribution in [0, 0.1) is 11.8 Å². The van der Waals surface area contributed by atoms with Gasteiger partial charge in [-0.3, -0.25) is 14.9 Å². The quantitative estimate of drug-likeness (QED) is 0.515. The van der Waals surface area contributed by atoms with E-state index >= 15 is 0 Å². The van der Waals surface area contributed by atoms with Crippen molar-refractivity contribution >= 4 is 22.6 Å². The monoisotopic (exact) mass is 311 g/mol. The van der Waals surface area contributed by atoms with Crippen LogP contribution < -0.4 is 11.1 Å². The molecule has 2 heterocycles. The minimum atomic E-state index is -0.719. The van der Waals surface area contributed by atoms with Crippen molar-refractivity contribution in [3.05, 3.63) is 36.1 Å². The summed E-state index contributed by atoms with van der Waals surface area (Å²) in [4.78, 5) is 23.5. The molecule has 0 aliphatic carbocycles. The highest BCUT2D eigenvalue weighted by Gasteiger charge is 2.27. The molecule has 0 spiro atoms. The molecule has 3 N–H and O–H groups in total. The third-order valence-corrected chi connectivity index (χ3v) is 3.79. The third kappa shape index (κ3) is 3.27. The van der Waals surface area contributed by atoms with Gasteiger partial charge in [-0.1, -0.05) is 24.0 Å². The van der Waals surface area contributed by atoms with E-state index in [-0.39, 0.29) is 24.7 Å². The van der Waals surface area contributed by atoms with E-state index in [1.807, 2.05) is 6.07 Å². The molecule has 1 aliphatic rings. The molecule has 1 aliphatic heterocycles. The summed E-state index contributed by atoms with van der Waals surface area (Å²) in [6, 6.07) is 4.64. The third-order valence-electron chi connectivity index (χ3n) is 3.79. The van der Waals surface area contributed by atoms with Crippen LogP contribution in [-0.4, -0.2) is 22.9 Å². The van der Waals surface area contributed by atoms with Crippen LogP contribution in [0.1, 0.15) is 40.0 Å². The molecule has 3 rings (SSSR count). The molecular formula is C18H19N3O2. The number of fused-ring (bicyclic) bond motifs is 1. The van der Waals surface area contributed by atoms with Gasteiger partial charge in [0.1, 0.15) is 6.04 Å². The Hall–Kier alpha value is -2.58. The van der Waals surface area contributed by atoms with Gasteiger partial charge in [0, 0.05) is 41.5 Å². The smallest absolute Gasteiger partial charge is 0.249 e. The maximum atomic E-state index is 12.2. The molecule has 5 nitrogen and oxygen atoms in total. The molecule has 1 atom stereocenters. The highest BCUT2D eigenvalue weighted by atomic mass is 16.2. The Labute approximate surface area is 137 Å². The second-order valence-electron chi connectivity index (χ2n) is 5.48. The second kappa shape index (κ2) is 6.67. The number of hydrogen-bond acceptors (Lipinski definition) is 3. The normalized spacial score (nSPS) is 18.9. The number of nitrogens with zero attached hydrogens (tertiary/aromatic N) is 1. The first kappa shape index (κ1) is 12.9. The molecule has 23 heavy (non-hydrogen) atoms. The number of unbranched alkanes of at least 4 members (excludes halogenated alkanes) is 1. The Balaban J connectivity index is 2.08. The molecule has 2 amide bonds. The van der Waals surface area contributed by atoms with Crippen molar-refractivity contribution in [1.29, 1.82) is 0 Å². The Morgan fingerprint density at radius 1 is 1.39 bits per heavy atom. The SMILES string of the molecule is [2H]c1c2cccc(C#CCCCN)c2c([2H])n1C1CCC(=O)NC1=O. The molecule has 118 valence electrons. The predicted molar refractivity (Wildman–Crippen MR) is 88.5 cm³/mol. The molecule has 1 unspecified atom stereocenters.